The maximum absolute atomic E-state index is 7.23. The second-order valence-electron chi connectivity index (χ2n) is 14.1. The number of aromatic nitrogens is 2. The molecule has 230 valence electrons. The number of hydrogen-bond acceptors (Lipinski definition) is 0. The van der Waals surface area contributed by atoms with E-state index in [4.69, 9.17) is 94.2 Å². The van der Waals surface area contributed by atoms with Crippen LogP contribution in [-0.2, 0) is 0 Å². The van der Waals surface area contributed by atoms with Crippen molar-refractivity contribution in [3.05, 3.63) is 97.1 Å². The topological polar surface area (TPSA) is 9.86 Å². The molecule has 0 atom stereocenters. The highest BCUT2D eigenvalue weighted by atomic mass is 15.0. The Morgan fingerprint density at radius 1 is 0.304 bits per heavy atom. The van der Waals surface area contributed by atoms with Gasteiger partial charge >= 0.3 is 0 Å². The molecular formula is C42H16B12N2. The molecular weight excluding hydrogens is 662 g/mol. The fourth-order valence-electron chi connectivity index (χ4n) is 8.28. The number of hydrogen-bond donors (Lipinski definition) is 0. The molecule has 0 spiro atoms. The molecule has 0 bridgehead atoms. The standard InChI is InChI=1S/C42H16B12N2/c43-22-9-5-4-8-19(22)17-10-11-30(23(44)12-17)56-41-27(48)14-21(36(52)32(41)34-38(54)25(46)16-29(50)42(34)56)20-13-26(47)39-31(35(20)51)33-37(53)24(45)15-28(49)40(33)55(39)18-6-2-1-3-7-18/h1-16H. The van der Waals surface area contributed by atoms with Crippen molar-refractivity contribution in [3.8, 4) is 33.6 Å². The summed E-state index contributed by atoms with van der Waals surface area (Å²) in [6, 6.07) is 29.6. The minimum atomic E-state index is 0.265. The van der Waals surface area contributed by atoms with E-state index in [1.807, 2.05) is 81.9 Å². The van der Waals surface area contributed by atoms with Crippen LogP contribution in [0.5, 0.6) is 0 Å². The summed E-state index contributed by atoms with van der Waals surface area (Å²) in [6.45, 7) is 0. The number of para-hydroxylation sites is 1. The Morgan fingerprint density at radius 3 is 1.25 bits per heavy atom. The molecule has 0 amide bonds. The highest BCUT2D eigenvalue weighted by molar-refractivity contribution is 6.63. The summed E-state index contributed by atoms with van der Waals surface area (Å²) in [5, 5.41) is 2.10. The number of benzene rings is 7. The Hall–Kier alpha value is -5.08. The zero-order valence-corrected chi connectivity index (χ0v) is 30.1. The van der Waals surface area contributed by atoms with Gasteiger partial charge in [-0.1, -0.05) is 133 Å². The summed E-state index contributed by atoms with van der Waals surface area (Å²) in [4.78, 5) is 0. The molecule has 24 radical (unpaired) electrons. The number of fused-ring (bicyclic) bond motifs is 6. The predicted octanol–water partition coefficient (Wildman–Crippen LogP) is -3.26. The van der Waals surface area contributed by atoms with E-state index in [1.165, 1.54) is 0 Å². The van der Waals surface area contributed by atoms with Crippen molar-refractivity contribution in [2.45, 2.75) is 0 Å². The lowest BCUT2D eigenvalue weighted by Crippen LogP contribution is -2.32. The van der Waals surface area contributed by atoms with Crippen LogP contribution in [0.3, 0.4) is 0 Å². The van der Waals surface area contributed by atoms with Crippen LogP contribution >= 0.6 is 0 Å². The molecule has 7 aromatic carbocycles. The summed E-state index contributed by atoms with van der Waals surface area (Å²) in [7, 11) is 81.3. The van der Waals surface area contributed by atoms with Crippen LogP contribution in [0.1, 0.15) is 0 Å². The van der Waals surface area contributed by atoms with Gasteiger partial charge in [-0.25, -0.2) is 0 Å². The van der Waals surface area contributed by atoms with Gasteiger partial charge in [0.05, 0.1) is 0 Å². The Labute approximate surface area is 341 Å². The monoisotopic (exact) mass is 680 g/mol. The van der Waals surface area contributed by atoms with Gasteiger partial charge in [0.25, 0.3) is 0 Å². The van der Waals surface area contributed by atoms with Crippen LogP contribution < -0.4 is 65.6 Å². The van der Waals surface area contributed by atoms with Crippen molar-refractivity contribution in [2.24, 2.45) is 0 Å². The molecule has 9 rings (SSSR count). The van der Waals surface area contributed by atoms with E-state index in [-0.39, 0.29) is 10.9 Å². The normalized spacial score (nSPS) is 11.7. The van der Waals surface area contributed by atoms with Crippen LogP contribution in [-0.4, -0.2) is 103 Å². The Balaban J connectivity index is 1.38. The second kappa shape index (κ2) is 13.3. The van der Waals surface area contributed by atoms with Crippen molar-refractivity contribution in [3.63, 3.8) is 0 Å². The first-order valence-corrected chi connectivity index (χ1v) is 17.6. The smallest absolute Gasteiger partial charge is 0.116 e. The van der Waals surface area contributed by atoms with Crippen molar-refractivity contribution in [2.75, 3.05) is 0 Å². The molecule has 0 fully saturated rings. The molecule has 0 saturated carbocycles. The Bertz CT molecular complexity index is 3170. The lowest BCUT2D eigenvalue weighted by molar-refractivity contribution is 1.19. The largest absolute Gasteiger partial charge is 0.311 e. The van der Waals surface area contributed by atoms with Crippen molar-refractivity contribution >= 4 is 203 Å². The molecule has 2 aromatic heterocycles. The lowest BCUT2D eigenvalue weighted by Gasteiger charge is -2.19. The van der Waals surface area contributed by atoms with Gasteiger partial charge in [0.2, 0.25) is 0 Å². The van der Waals surface area contributed by atoms with E-state index in [2.05, 4.69) is 0 Å². The SMILES string of the molecule is [B]c1ccccc1-c1ccc(-n2c3c([B])cc([B])c([B])c3c3c([B])c(-c4cc([B])c5c(c4[B])c4c([B])c([B])cc([B])c4n5-c4ccccc4)cc([B])c32)c([B])c1. The summed E-state index contributed by atoms with van der Waals surface area (Å²) in [6.07, 6.45) is 0. The van der Waals surface area contributed by atoms with Crippen LogP contribution in [0.25, 0.3) is 77.2 Å². The van der Waals surface area contributed by atoms with E-state index in [1.54, 1.807) is 24.3 Å². The van der Waals surface area contributed by atoms with Gasteiger partial charge in [-0.2, -0.15) is 0 Å². The summed E-state index contributed by atoms with van der Waals surface area (Å²) >= 11 is 0. The number of rotatable bonds is 4. The molecule has 0 N–H and O–H groups in total. The minimum Gasteiger partial charge on any atom is -0.311 e. The van der Waals surface area contributed by atoms with Crippen molar-refractivity contribution in [1.82, 2.24) is 9.13 Å². The van der Waals surface area contributed by atoms with E-state index in [0.29, 0.717) is 115 Å². The average Bonchev–Trinajstić information content (AvgIpc) is 3.74. The molecule has 0 unspecified atom stereocenters. The third-order valence-electron chi connectivity index (χ3n) is 10.8. The van der Waals surface area contributed by atoms with Gasteiger partial charge in [0.1, 0.15) is 94.2 Å². The van der Waals surface area contributed by atoms with Crippen molar-refractivity contribution < 1.29 is 0 Å². The zero-order valence-electron chi connectivity index (χ0n) is 30.1. The maximum atomic E-state index is 7.23. The number of nitrogens with zero attached hydrogens (tertiary/aromatic N) is 2. The Kier molecular flexibility index (Phi) is 8.65. The molecule has 0 aliphatic rings. The zero-order chi connectivity index (χ0) is 39.5. The van der Waals surface area contributed by atoms with E-state index in [0.717, 1.165) is 16.8 Å². The minimum absolute atomic E-state index is 0.265. The highest BCUT2D eigenvalue weighted by Crippen LogP contribution is 2.33. The molecule has 0 saturated heterocycles. The predicted molar refractivity (Wildman–Crippen MR) is 251 cm³/mol. The van der Waals surface area contributed by atoms with Gasteiger partial charge in [0.15, 0.2) is 0 Å². The first kappa shape index (κ1) is 36.6. The fraction of sp³-hybridized carbons (Fsp3) is 0. The quantitative estimate of drug-likeness (QED) is 0.173. The van der Waals surface area contributed by atoms with Gasteiger partial charge in [-0.05, 0) is 51.2 Å². The first-order chi connectivity index (χ1) is 26.8. The van der Waals surface area contributed by atoms with Crippen LogP contribution in [0.4, 0.5) is 0 Å². The summed E-state index contributed by atoms with van der Waals surface area (Å²) in [5.41, 5.74) is 10.5. The van der Waals surface area contributed by atoms with Crippen LogP contribution in [0.15, 0.2) is 97.1 Å². The summed E-state index contributed by atoms with van der Waals surface area (Å²) in [5.74, 6) is 0. The molecule has 0 aliphatic carbocycles. The fourth-order valence-corrected chi connectivity index (χ4v) is 8.28. The van der Waals surface area contributed by atoms with Crippen molar-refractivity contribution in [1.29, 1.82) is 0 Å². The summed E-state index contributed by atoms with van der Waals surface area (Å²) < 4.78 is 3.80. The lowest BCUT2D eigenvalue weighted by atomic mass is 9.70. The molecule has 9 aromatic rings. The van der Waals surface area contributed by atoms with E-state index < -0.39 is 0 Å². The third-order valence-corrected chi connectivity index (χ3v) is 10.8. The molecule has 0 aliphatic heterocycles. The second-order valence-corrected chi connectivity index (χ2v) is 14.1. The highest BCUT2D eigenvalue weighted by Gasteiger charge is 2.25. The molecule has 2 nitrogen and oxygen atoms in total. The average molecular weight is 678 g/mol. The van der Waals surface area contributed by atoms with E-state index >= 15 is 0 Å². The van der Waals surface area contributed by atoms with Crippen LogP contribution in [0.2, 0.25) is 0 Å². The van der Waals surface area contributed by atoms with Gasteiger partial charge in [0, 0.05) is 44.2 Å². The van der Waals surface area contributed by atoms with Gasteiger partial charge in [-0.15, -0.1) is 10.9 Å². The molecule has 14 heteroatoms. The third kappa shape index (κ3) is 5.20. The van der Waals surface area contributed by atoms with Gasteiger partial charge in [-0.3, -0.25) is 0 Å². The Morgan fingerprint density at radius 2 is 0.750 bits per heavy atom. The maximum Gasteiger partial charge on any atom is 0.116 e. The molecule has 2 heterocycles. The van der Waals surface area contributed by atoms with Gasteiger partial charge < -0.3 is 9.13 Å². The van der Waals surface area contributed by atoms with E-state index in [9.17, 15) is 0 Å². The molecule has 56 heavy (non-hydrogen) atoms. The first-order valence-electron chi connectivity index (χ1n) is 17.6. The van der Waals surface area contributed by atoms with Crippen LogP contribution in [0, 0.1) is 0 Å².